The number of primary amides is 1. The van der Waals surface area contributed by atoms with Crippen LogP contribution in [0.2, 0.25) is 10.0 Å². The molecule has 0 bridgehead atoms. The number of rotatable bonds is 4. The maximum atomic E-state index is 12.5. The van der Waals surface area contributed by atoms with Crippen LogP contribution in [0.3, 0.4) is 0 Å². The fourth-order valence-electron chi connectivity index (χ4n) is 2.20. The van der Waals surface area contributed by atoms with E-state index in [-0.39, 0.29) is 18.0 Å². The van der Waals surface area contributed by atoms with Gasteiger partial charge < -0.3 is 11.1 Å². The van der Waals surface area contributed by atoms with Crippen molar-refractivity contribution in [1.82, 2.24) is 10.2 Å². The van der Waals surface area contributed by atoms with Crippen LogP contribution < -0.4 is 11.1 Å². The highest BCUT2D eigenvalue weighted by Gasteiger charge is 2.49. The van der Waals surface area contributed by atoms with Crippen molar-refractivity contribution in [3.05, 3.63) is 33.8 Å². The first-order chi connectivity index (χ1) is 9.75. The number of hydrogen-bond donors (Lipinski definition) is 2. The van der Waals surface area contributed by atoms with Crippen LogP contribution in [0.4, 0.5) is 4.79 Å². The molecule has 1 saturated heterocycles. The van der Waals surface area contributed by atoms with Crippen molar-refractivity contribution in [2.45, 2.75) is 18.9 Å². The predicted octanol–water partition coefficient (Wildman–Crippen LogP) is 1.64. The van der Waals surface area contributed by atoms with E-state index in [2.05, 4.69) is 5.32 Å². The molecule has 1 aromatic rings. The van der Waals surface area contributed by atoms with Crippen molar-refractivity contribution in [3.8, 4) is 0 Å². The topological polar surface area (TPSA) is 92.5 Å². The molecule has 3 N–H and O–H groups in total. The largest absolute Gasteiger partial charge is 0.370 e. The predicted molar refractivity (Wildman–Crippen MR) is 77.9 cm³/mol. The van der Waals surface area contributed by atoms with Gasteiger partial charge in [-0.1, -0.05) is 29.3 Å². The first kappa shape index (κ1) is 15.6. The molecule has 112 valence electrons. The van der Waals surface area contributed by atoms with Gasteiger partial charge in [0.25, 0.3) is 5.91 Å². The minimum Gasteiger partial charge on any atom is -0.370 e. The summed E-state index contributed by atoms with van der Waals surface area (Å²) in [7, 11) is 0. The molecule has 0 aliphatic carbocycles. The molecular weight excluding hydrogens is 317 g/mol. The third kappa shape index (κ3) is 2.82. The molecule has 1 aliphatic heterocycles. The van der Waals surface area contributed by atoms with Crippen molar-refractivity contribution in [1.29, 1.82) is 0 Å². The minimum absolute atomic E-state index is 0.0687. The van der Waals surface area contributed by atoms with Crippen molar-refractivity contribution < 1.29 is 14.4 Å². The van der Waals surface area contributed by atoms with Gasteiger partial charge in [-0.25, -0.2) is 4.79 Å². The molecule has 1 atom stereocenters. The first-order valence-electron chi connectivity index (χ1n) is 6.13. The van der Waals surface area contributed by atoms with Gasteiger partial charge in [-0.3, -0.25) is 14.5 Å². The summed E-state index contributed by atoms with van der Waals surface area (Å²) in [4.78, 5) is 36.2. The van der Waals surface area contributed by atoms with Gasteiger partial charge >= 0.3 is 6.03 Å². The zero-order chi connectivity index (χ0) is 15.8. The number of carbonyl (C=O) groups is 3. The molecule has 2 rings (SSSR count). The lowest BCUT2D eigenvalue weighted by atomic mass is 9.92. The maximum absolute atomic E-state index is 12.5. The summed E-state index contributed by atoms with van der Waals surface area (Å²) in [6.07, 6.45) is -0.0937. The number of carbonyl (C=O) groups excluding carboxylic acids is 3. The molecule has 1 fully saturated rings. The number of amides is 4. The average molecular weight is 330 g/mol. The number of benzene rings is 1. The number of imide groups is 1. The van der Waals surface area contributed by atoms with Crippen LogP contribution in [0, 0.1) is 0 Å². The molecule has 0 aromatic heterocycles. The summed E-state index contributed by atoms with van der Waals surface area (Å²) in [5, 5.41) is 3.29. The number of urea groups is 1. The van der Waals surface area contributed by atoms with E-state index in [1.165, 1.54) is 6.07 Å². The monoisotopic (exact) mass is 329 g/mol. The van der Waals surface area contributed by atoms with Crippen molar-refractivity contribution in [2.75, 3.05) is 6.54 Å². The Balaban J connectivity index is 2.33. The lowest BCUT2D eigenvalue weighted by Gasteiger charge is -2.23. The molecule has 0 unspecified atom stereocenters. The molecular formula is C13H13Cl2N3O3. The molecule has 4 amide bonds. The lowest BCUT2D eigenvalue weighted by Crippen LogP contribution is -2.41. The molecule has 8 heteroatoms. The quantitative estimate of drug-likeness (QED) is 0.822. The Kier molecular flexibility index (Phi) is 4.11. The summed E-state index contributed by atoms with van der Waals surface area (Å²) < 4.78 is 0. The Morgan fingerprint density at radius 3 is 2.62 bits per heavy atom. The zero-order valence-corrected chi connectivity index (χ0v) is 12.7. The van der Waals surface area contributed by atoms with Gasteiger partial charge in [-0.2, -0.15) is 0 Å². The molecule has 0 radical (unpaired) electrons. The fourth-order valence-corrected chi connectivity index (χ4v) is 2.80. The van der Waals surface area contributed by atoms with Crippen LogP contribution in [-0.4, -0.2) is 29.3 Å². The summed E-state index contributed by atoms with van der Waals surface area (Å²) in [6.45, 7) is 1.48. The van der Waals surface area contributed by atoms with E-state index in [4.69, 9.17) is 28.9 Å². The lowest BCUT2D eigenvalue weighted by molar-refractivity contribution is -0.131. The number of hydrogen-bond acceptors (Lipinski definition) is 3. The number of nitrogens with two attached hydrogens (primary N) is 1. The third-order valence-corrected chi connectivity index (χ3v) is 3.87. The molecule has 21 heavy (non-hydrogen) atoms. The van der Waals surface area contributed by atoms with Crippen LogP contribution in [0.1, 0.15) is 18.9 Å². The van der Waals surface area contributed by atoms with E-state index in [0.717, 1.165) is 4.90 Å². The second-order valence-electron chi connectivity index (χ2n) is 4.85. The van der Waals surface area contributed by atoms with Gasteiger partial charge in [0.05, 0.1) is 0 Å². The van der Waals surface area contributed by atoms with Crippen molar-refractivity contribution >= 4 is 41.0 Å². The van der Waals surface area contributed by atoms with Gasteiger partial charge in [0, 0.05) is 28.6 Å². The Hall–Kier alpha value is -1.79. The molecule has 6 nitrogen and oxygen atoms in total. The highest BCUT2D eigenvalue weighted by molar-refractivity contribution is 6.35. The summed E-state index contributed by atoms with van der Waals surface area (Å²) in [5.41, 5.74) is 4.18. The molecule has 1 aromatic carbocycles. The fraction of sp³-hybridized carbons (Fsp3) is 0.308. The summed E-state index contributed by atoms with van der Waals surface area (Å²) in [6, 6.07) is 4.07. The van der Waals surface area contributed by atoms with Crippen LogP contribution >= 0.6 is 23.2 Å². The highest BCUT2D eigenvalue weighted by Crippen LogP contribution is 2.34. The zero-order valence-electron chi connectivity index (χ0n) is 11.2. The third-order valence-electron chi connectivity index (χ3n) is 3.33. The normalized spacial score (nSPS) is 21.6. The van der Waals surface area contributed by atoms with E-state index in [9.17, 15) is 14.4 Å². The average Bonchev–Trinajstić information content (AvgIpc) is 2.58. The van der Waals surface area contributed by atoms with Gasteiger partial charge in [-0.15, -0.1) is 0 Å². The Labute approximate surface area is 131 Å². The Bertz CT molecular complexity index is 635. The van der Waals surface area contributed by atoms with E-state index in [1.54, 1.807) is 19.1 Å². The second kappa shape index (κ2) is 5.54. The molecule has 1 heterocycles. The van der Waals surface area contributed by atoms with E-state index >= 15 is 0 Å². The first-order valence-corrected chi connectivity index (χ1v) is 6.89. The van der Waals surface area contributed by atoms with E-state index in [0.29, 0.717) is 10.6 Å². The van der Waals surface area contributed by atoms with E-state index < -0.39 is 23.4 Å². The van der Waals surface area contributed by atoms with Crippen LogP contribution in [0.5, 0.6) is 0 Å². The number of nitrogens with zero attached hydrogens (tertiary/aromatic N) is 1. The van der Waals surface area contributed by atoms with Crippen LogP contribution in [0.15, 0.2) is 18.2 Å². The standard InChI is InChI=1S/C13H13Cl2N3O3/c1-13(8-3-2-7(14)6-9(8)15)11(20)18(12(21)17-13)5-4-10(16)19/h2-3,6H,4-5H2,1H3,(H2,16,19)(H,17,21)/t13-/m0/s1. The molecule has 0 saturated carbocycles. The smallest absolute Gasteiger partial charge is 0.325 e. The number of nitrogens with one attached hydrogen (secondary N) is 1. The van der Waals surface area contributed by atoms with Crippen LogP contribution in [-0.2, 0) is 15.1 Å². The molecule has 1 aliphatic rings. The second-order valence-corrected chi connectivity index (χ2v) is 5.70. The van der Waals surface area contributed by atoms with Gasteiger partial charge in [0.15, 0.2) is 0 Å². The van der Waals surface area contributed by atoms with Gasteiger partial charge in [-0.05, 0) is 19.1 Å². The molecule has 0 spiro atoms. The highest BCUT2D eigenvalue weighted by atomic mass is 35.5. The summed E-state index contributed by atoms with van der Waals surface area (Å²) in [5.74, 6) is -1.08. The maximum Gasteiger partial charge on any atom is 0.325 e. The Morgan fingerprint density at radius 2 is 2.05 bits per heavy atom. The SMILES string of the molecule is C[C@@]1(c2ccc(Cl)cc2Cl)NC(=O)N(CCC(N)=O)C1=O. The van der Waals surface area contributed by atoms with Gasteiger partial charge in [0.1, 0.15) is 5.54 Å². The van der Waals surface area contributed by atoms with Crippen LogP contribution in [0.25, 0.3) is 0 Å². The Morgan fingerprint density at radius 1 is 1.38 bits per heavy atom. The minimum atomic E-state index is -1.30. The van der Waals surface area contributed by atoms with Gasteiger partial charge in [0.2, 0.25) is 5.91 Å². The van der Waals surface area contributed by atoms with Crippen molar-refractivity contribution in [2.24, 2.45) is 5.73 Å². The van der Waals surface area contributed by atoms with Crippen molar-refractivity contribution in [3.63, 3.8) is 0 Å². The number of halogens is 2. The summed E-state index contributed by atoms with van der Waals surface area (Å²) >= 11 is 11.9. The van der Waals surface area contributed by atoms with E-state index in [1.807, 2.05) is 0 Å².